The maximum Gasteiger partial charge on any atom is 0.147 e. The van der Waals surface area contributed by atoms with Crippen molar-refractivity contribution in [1.29, 1.82) is 0 Å². The van der Waals surface area contributed by atoms with E-state index in [2.05, 4.69) is 35.1 Å². The van der Waals surface area contributed by atoms with Gasteiger partial charge in [0, 0.05) is 31.4 Å². The first kappa shape index (κ1) is 14.2. The minimum absolute atomic E-state index is 0.527. The van der Waals surface area contributed by atoms with Gasteiger partial charge in [-0.15, -0.1) is 0 Å². The van der Waals surface area contributed by atoms with Gasteiger partial charge in [-0.1, -0.05) is 18.5 Å². The molecular weight excluding hydrogens is 270 g/mol. The number of hydrogen-bond donors (Lipinski definition) is 1. The van der Waals surface area contributed by atoms with Crippen LogP contribution in [0, 0.1) is 5.92 Å². The van der Waals surface area contributed by atoms with Crippen molar-refractivity contribution in [1.82, 2.24) is 10.3 Å². The van der Waals surface area contributed by atoms with Crippen LogP contribution in [0.5, 0.6) is 0 Å². The summed E-state index contributed by atoms with van der Waals surface area (Å²) in [4.78, 5) is 6.99. The zero-order chi connectivity index (χ0) is 14.1. The van der Waals surface area contributed by atoms with Crippen molar-refractivity contribution in [3.8, 4) is 0 Å². The molecule has 0 radical (unpaired) electrons. The van der Waals surface area contributed by atoms with E-state index in [0.29, 0.717) is 6.04 Å². The van der Waals surface area contributed by atoms with Crippen LogP contribution in [0.3, 0.4) is 0 Å². The number of nitrogens with zero attached hydrogens (tertiary/aromatic N) is 2. The molecule has 1 saturated heterocycles. The largest absolute Gasteiger partial charge is 0.353 e. The van der Waals surface area contributed by atoms with Gasteiger partial charge >= 0.3 is 0 Å². The van der Waals surface area contributed by atoms with E-state index in [0.717, 1.165) is 35.9 Å². The van der Waals surface area contributed by atoms with Gasteiger partial charge in [-0.25, -0.2) is 4.98 Å². The number of rotatable bonds is 4. The third-order valence-electron chi connectivity index (χ3n) is 4.46. The lowest BCUT2D eigenvalue weighted by molar-refractivity contribution is 0.376. The van der Waals surface area contributed by atoms with Crippen LogP contribution in [0.15, 0.2) is 12.3 Å². The predicted octanol–water partition coefficient (Wildman–Crippen LogP) is 3.61. The van der Waals surface area contributed by atoms with Gasteiger partial charge < -0.3 is 10.2 Å². The number of nitrogens with one attached hydrogen (secondary N) is 1. The zero-order valence-corrected chi connectivity index (χ0v) is 13.2. The van der Waals surface area contributed by atoms with Crippen molar-refractivity contribution in [2.75, 3.05) is 11.4 Å². The molecule has 1 aromatic heterocycles. The van der Waals surface area contributed by atoms with E-state index < -0.39 is 0 Å². The van der Waals surface area contributed by atoms with Crippen LogP contribution in [-0.2, 0) is 6.54 Å². The summed E-state index contributed by atoms with van der Waals surface area (Å²) in [6.07, 6.45) is 7.04. The van der Waals surface area contributed by atoms with Gasteiger partial charge in [0.1, 0.15) is 5.82 Å². The smallest absolute Gasteiger partial charge is 0.147 e. The molecule has 4 heteroatoms. The van der Waals surface area contributed by atoms with Crippen molar-refractivity contribution < 1.29 is 0 Å². The first-order valence-electron chi connectivity index (χ1n) is 7.78. The first-order chi connectivity index (χ1) is 9.63. The number of aromatic nitrogens is 1. The van der Waals surface area contributed by atoms with E-state index in [-0.39, 0.29) is 0 Å². The maximum atomic E-state index is 6.46. The molecule has 1 aliphatic heterocycles. The van der Waals surface area contributed by atoms with Crippen molar-refractivity contribution in [2.24, 2.45) is 5.92 Å². The van der Waals surface area contributed by atoms with Crippen LogP contribution in [-0.4, -0.2) is 23.6 Å². The number of piperidine rings is 1. The van der Waals surface area contributed by atoms with E-state index >= 15 is 0 Å². The molecule has 2 atom stereocenters. The molecule has 0 aromatic carbocycles. The summed E-state index contributed by atoms with van der Waals surface area (Å²) in [6, 6.07) is 3.32. The third-order valence-corrected chi connectivity index (χ3v) is 4.74. The lowest BCUT2D eigenvalue weighted by Crippen LogP contribution is -2.40. The van der Waals surface area contributed by atoms with Crippen LogP contribution < -0.4 is 10.2 Å². The average Bonchev–Trinajstić information content (AvgIpc) is 3.22. The molecule has 2 heterocycles. The summed E-state index contributed by atoms with van der Waals surface area (Å²) in [5.74, 6) is 1.77. The van der Waals surface area contributed by atoms with E-state index in [1.807, 2.05) is 6.20 Å². The van der Waals surface area contributed by atoms with Crippen LogP contribution in [0.2, 0.25) is 5.02 Å². The zero-order valence-electron chi connectivity index (χ0n) is 12.4. The molecule has 3 rings (SSSR count). The highest BCUT2D eigenvalue weighted by Crippen LogP contribution is 2.31. The molecule has 1 aliphatic carbocycles. The standard InChI is InChI=1S/C16H24ClN3/c1-11-5-6-20(12(2)7-11)16-15(17)8-13(10-19-16)9-18-14-3-4-14/h8,10-12,14,18H,3-7,9H2,1-2H3. The average molecular weight is 294 g/mol. The van der Waals surface area contributed by atoms with Gasteiger partial charge in [0.05, 0.1) is 5.02 Å². The molecular formula is C16H24ClN3. The predicted molar refractivity (Wildman–Crippen MR) is 84.3 cm³/mol. The third kappa shape index (κ3) is 3.26. The molecule has 1 aromatic rings. The van der Waals surface area contributed by atoms with E-state index in [1.54, 1.807) is 0 Å². The monoisotopic (exact) mass is 293 g/mol. The van der Waals surface area contributed by atoms with E-state index in [9.17, 15) is 0 Å². The van der Waals surface area contributed by atoms with Crippen molar-refractivity contribution >= 4 is 17.4 Å². The highest BCUT2D eigenvalue weighted by Gasteiger charge is 2.25. The summed E-state index contributed by atoms with van der Waals surface area (Å²) in [5.41, 5.74) is 1.18. The van der Waals surface area contributed by atoms with Crippen LogP contribution in [0.25, 0.3) is 0 Å². The number of halogens is 1. The summed E-state index contributed by atoms with van der Waals surface area (Å²) in [6.45, 7) is 6.55. The molecule has 110 valence electrons. The van der Waals surface area contributed by atoms with Gasteiger partial charge in [0.2, 0.25) is 0 Å². The van der Waals surface area contributed by atoms with Gasteiger partial charge in [0.25, 0.3) is 0 Å². The lowest BCUT2D eigenvalue weighted by atomic mass is 9.93. The Bertz CT molecular complexity index is 473. The van der Waals surface area contributed by atoms with Gasteiger partial charge in [-0.3, -0.25) is 0 Å². The fourth-order valence-electron chi connectivity index (χ4n) is 3.05. The van der Waals surface area contributed by atoms with Crippen molar-refractivity contribution in [3.05, 3.63) is 22.8 Å². The Kier molecular flexibility index (Phi) is 4.18. The molecule has 0 amide bonds. The Morgan fingerprint density at radius 1 is 1.35 bits per heavy atom. The van der Waals surface area contributed by atoms with Gasteiger partial charge in [-0.2, -0.15) is 0 Å². The van der Waals surface area contributed by atoms with Crippen LogP contribution in [0.4, 0.5) is 5.82 Å². The highest BCUT2D eigenvalue weighted by atomic mass is 35.5. The molecule has 1 N–H and O–H groups in total. The van der Waals surface area contributed by atoms with Gasteiger partial charge in [0.15, 0.2) is 0 Å². The molecule has 0 spiro atoms. The van der Waals surface area contributed by atoms with Crippen LogP contribution >= 0.6 is 11.6 Å². The summed E-state index contributed by atoms with van der Waals surface area (Å²) in [5, 5.41) is 4.29. The minimum Gasteiger partial charge on any atom is -0.353 e. The van der Waals surface area contributed by atoms with E-state index in [1.165, 1.54) is 31.2 Å². The molecule has 2 unspecified atom stereocenters. The maximum absolute atomic E-state index is 6.46. The Labute approximate surface area is 126 Å². The molecule has 0 bridgehead atoms. The Balaban J connectivity index is 1.69. The summed E-state index contributed by atoms with van der Waals surface area (Å²) >= 11 is 6.46. The Morgan fingerprint density at radius 3 is 2.80 bits per heavy atom. The number of anilines is 1. The Morgan fingerprint density at radius 2 is 2.15 bits per heavy atom. The van der Waals surface area contributed by atoms with Gasteiger partial charge in [-0.05, 0) is 50.2 Å². The second-order valence-corrected chi connectivity index (χ2v) is 6.88. The molecule has 2 aliphatic rings. The second-order valence-electron chi connectivity index (χ2n) is 6.48. The normalized spacial score (nSPS) is 26.9. The quantitative estimate of drug-likeness (QED) is 0.919. The fraction of sp³-hybridized carbons (Fsp3) is 0.688. The van der Waals surface area contributed by atoms with E-state index in [4.69, 9.17) is 11.6 Å². The Hall–Kier alpha value is -0.800. The second kappa shape index (κ2) is 5.90. The molecule has 1 saturated carbocycles. The summed E-state index contributed by atoms with van der Waals surface area (Å²) in [7, 11) is 0. The lowest BCUT2D eigenvalue weighted by Gasteiger charge is -2.37. The van der Waals surface area contributed by atoms with Crippen molar-refractivity contribution in [3.63, 3.8) is 0 Å². The summed E-state index contributed by atoms with van der Waals surface area (Å²) < 4.78 is 0. The highest BCUT2D eigenvalue weighted by molar-refractivity contribution is 6.33. The molecule has 20 heavy (non-hydrogen) atoms. The number of hydrogen-bond acceptors (Lipinski definition) is 3. The number of pyridine rings is 1. The first-order valence-corrected chi connectivity index (χ1v) is 8.15. The van der Waals surface area contributed by atoms with Crippen molar-refractivity contribution in [2.45, 2.75) is 58.2 Å². The molecule has 3 nitrogen and oxygen atoms in total. The molecule has 2 fully saturated rings. The topological polar surface area (TPSA) is 28.2 Å². The van der Waals surface area contributed by atoms with Crippen LogP contribution in [0.1, 0.15) is 45.1 Å². The SMILES string of the molecule is CC1CCN(c2ncc(CNC3CC3)cc2Cl)C(C)C1. The minimum atomic E-state index is 0.527. The fourth-order valence-corrected chi connectivity index (χ4v) is 3.35.